The van der Waals surface area contributed by atoms with E-state index in [0.717, 1.165) is 6.42 Å². The number of hydrogen-bond acceptors (Lipinski definition) is 1. The van der Waals surface area contributed by atoms with Crippen LogP contribution in [0.1, 0.15) is 33.1 Å². The highest BCUT2D eigenvalue weighted by Gasteiger charge is 2.07. The molecule has 0 aromatic carbocycles. The lowest BCUT2D eigenvalue weighted by molar-refractivity contribution is 0.00466. The Kier molecular flexibility index (Phi) is 2.94. The van der Waals surface area contributed by atoms with Crippen LogP contribution >= 0.6 is 0 Å². The molecule has 0 aromatic rings. The van der Waals surface area contributed by atoms with Crippen molar-refractivity contribution in [3.8, 4) is 0 Å². The van der Waals surface area contributed by atoms with Gasteiger partial charge < -0.3 is 4.74 Å². The predicted octanol–water partition coefficient (Wildman–Crippen LogP) is 2.52. The molecule has 0 aliphatic carbocycles. The fraction of sp³-hybridized carbons (Fsp3) is 0.778. The summed E-state index contributed by atoms with van der Waals surface area (Å²) in [5, 5.41) is 0. The minimum atomic E-state index is 0.409. The molecular weight excluding hydrogens is 124 g/mol. The molecule has 10 heavy (non-hydrogen) atoms. The molecule has 1 heterocycles. The first-order valence-electron chi connectivity index (χ1n) is 4.09. The molecule has 0 unspecified atom stereocenters. The van der Waals surface area contributed by atoms with Gasteiger partial charge in [-0.15, -0.1) is 0 Å². The van der Waals surface area contributed by atoms with E-state index in [1.807, 2.05) is 0 Å². The summed E-state index contributed by atoms with van der Waals surface area (Å²) in [4.78, 5) is 0. The summed E-state index contributed by atoms with van der Waals surface area (Å²) in [5.41, 5.74) is 0. The standard InChI is InChI=1S/C9H16O/c1-8-6-4-3-5-7-9(2)10-8/h3-4,8-9H,5-7H2,1-2H3/b4-3+/t8-,9+/m0/s1. The van der Waals surface area contributed by atoms with E-state index < -0.39 is 0 Å². The highest BCUT2D eigenvalue weighted by Crippen LogP contribution is 2.11. The second-order valence-corrected chi connectivity index (χ2v) is 3.04. The Bertz CT molecular complexity index is 118. The SMILES string of the molecule is C[C@@H]1CC/C=C/C[C@H](C)O1. The molecule has 0 amide bonds. The molecule has 0 fully saturated rings. The van der Waals surface area contributed by atoms with Crippen LogP contribution in [0, 0.1) is 0 Å². The van der Waals surface area contributed by atoms with Crippen LogP contribution in [0.4, 0.5) is 0 Å². The first-order valence-corrected chi connectivity index (χ1v) is 4.09. The van der Waals surface area contributed by atoms with Crippen molar-refractivity contribution in [3.05, 3.63) is 12.2 Å². The summed E-state index contributed by atoms with van der Waals surface area (Å²) in [6.45, 7) is 4.28. The van der Waals surface area contributed by atoms with E-state index in [0.29, 0.717) is 12.2 Å². The van der Waals surface area contributed by atoms with Crippen molar-refractivity contribution in [2.45, 2.75) is 45.3 Å². The molecule has 0 bridgehead atoms. The highest BCUT2D eigenvalue weighted by molar-refractivity contribution is 4.86. The fourth-order valence-electron chi connectivity index (χ4n) is 1.26. The van der Waals surface area contributed by atoms with Gasteiger partial charge in [0.05, 0.1) is 12.2 Å². The minimum Gasteiger partial charge on any atom is -0.375 e. The van der Waals surface area contributed by atoms with Gasteiger partial charge in [-0.3, -0.25) is 0 Å². The Morgan fingerprint density at radius 2 is 2.00 bits per heavy atom. The van der Waals surface area contributed by atoms with Crippen molar-refractivity contribution in [3.63, 3.8) is 0 Å². The first-order chi connectivity index (χ1) is 4.79. The smallest absolute Gasteiger partial charge is 0.0585 e. The third kappa shape index (κ3) is 2.53. The Balaban J connectivity index is 2.39. The van der Waals surface area contributed by atoms with E-state index in [2.05, 4.69) is 26.0 Å². The summed E-state index contributed by atoms with van der Waals surface area (Å²) >= 11 is 0. The molecule has 0 saturated heterocycles. The van der Waals surface area contributed by atoms with Gasteiger partial charge in [-0.05, 0) is 33.1 Å². The molecule has 2 atom stereocenters. The summed E-state index contributed by atoms with van der Waals surface area (Å²) in [6, 6.07) is 0. The molecule has 0 saturated carbocycles. The molecule has 0 spiro atoms. The Hall–Kier alpha value is -0.300. The highest BCUT2D eigenvalue weighted by atomic mass is 16.5. The molecule has 1 nitrogen and oxygen atoms in total. The summed E-state index contributed by atoms with van der Waals surface area (Å²) in [6.07, 6.45) is 8.75. The largest absolute Gasteiger partial charge is 0.375 e. The Morgan fingerprint density at radius 3 is 2.80 bits per heavy atom. The second-order valence-electron chi connectivity index (χ2n) is 3.04. The molecule has 1 heteroatoms. The zero-order valence-electron chi connectivity index (χ0n) is 6.84. The lowest BCUT2D eigenvalue weighted by Crippen LogP contribution is -2.17. The molecule has 0 radical (unpaired) electrons. The van der Waals surface area contributed by atoms with Crippen LogP contribution in [-0.4, -0.2) is 12.2 Å². The van der Waals surface area contributed by atoms with Gasteiger partial charge in [0.2, 0.25) is 0 Å². The summed E-state index contributed by atoms with van der Waals surface area (Å²) in [7, 11) is 0. The van der Waals surface area contributed by atoms with Crippen LogP contribution in [0.2, 0.25) is 0 Å². The Morgan fingerprint density at radius 1 is 1.20 bits per heavy atom. The second kappa shape index (κ2) is 3.77. The third-order valence-corrected chi connectivity index (χ3v) is 1.84. The first kappa shape index (κ1) is 7.80. The molecule has 1 rings (SSSR count). The molecular formula is C9H16O. The van der Waals surface area contributed by atoms with Gasteiger partial charge in [0.25, 0.3) is 0 Å². The van der Waals surface area contributed by atoms with E-state index in [1.165, 1.54) is 12.8 Å². The number of rotatable bonds is 0. The van der Waals surface area contributed by atoms with Crippen molar-refractivity contribution in [1.82, 2.24) is 0 Å². The van der Waals surface area contributed by atoms with E-state index in [-0.39, 0.29) is 0 Å². The van der Waals surface area contributed by atoms with Gasteiger partial charge in [-0.2, -0.15) is 0 Å². The van der Waals surface area contributed by atoms with E-state index in [9.17, 15) is 0 Å². The number of allylic oxidation sites excluding steroid dienone is 1. The van der Waals surface area contributed by atoms with Gasteiger partial charge in [0, 0.05) is 0 Å². The van der Waals surface area contributed by atoms with Crippen molar-refractivity contribution in [1.29, 1.82) is 0 Å². The van der Waals surface area contributed by atoms with Crippen LogP contribution in [0.5, 0.6) is 0 Å². The maximum Gasteiger partial charge on any atom is 0.0585 e. The lowest BCUT2D eigenvalue weighted by atomic mass is 10.1. The Labute approximate surface area is 63.1 Å². The van der Waals surface area contributed by atoms with E-state index in [1.54, 1.807) is 0 Å². The monoisotopic (exact) mass is 140 g/mol. The van der Waals surface area contributed by atoms with E-state index >= 15 is 0 Å². The summed E-state index contributed by atoms with van der Waals surface area (Å²) < 4.78 is 5.64. The van der Waals surface area contributed by atoms with Crippen molar-refractivity contribution in [2.24, 2.45) is 0 Å². The molecule has 1 aliphatic heterocycles. The van der Waals surface area contributed by atoms with Crippen LogP contribution in [-0.2, 0) is 4.74 Å². The predicted molar refractivity (Wildman–Crippen MR) is 43.0 cm³/mol. The maximum atomic E-state index is 5.64. The molecule has 0 N–H and O–H groups in total. The van der Waals surface area contributed by atoms with Gasteiger partial charge in [-0.25, -0.2) is 0 Å². The van der Waals surface area contributed by atoms with Crippen molar-refractivity contribution < 1.29 is 4.74 Å². The minimum absolute atomic E-state index is 0.409. The normalized spacial score (nSPS) is 38.2. The maximum absolute atomic E-state index is 5.64. The lowest BCUT2D eigenvalue weighted by Gasteiger charge is -2.19. The van der Waals surface area contributed by atoms with E-state index in [4.69, 9.17) is 4.74 Å². The van der Waals surface area contributed by atoms with Gasteiger partial charge in [0.15, 0.2) is 0 Å². The number of hydrogen-bond donors (Lipinski definition) is 0. The van der Waals surface area contributed by atoms with Crippen molar-refractivity contribution >= 4 is 0 Å². The zero-order valence-corrected chi connectivity index (χ0v) is 6.84. The van der Waals surface area contributed by atoms with Gasteiger partial charge in [0.1, 0.15) is 0 Å². The molecule has 1 aliphatic rings. The molecule has 58 valence electrons. The topological polar surface area (TPSA) is 9.23 Å². The zero-order chi connectivity index (χ0) is 7.40. The average molecular weight is 140 g/mol. The van der Waals surface area contributed by atoms with Crippen LogP contribution < -0.4 is 0 Å². The van der Waals surface area contributed by atoms with Crippen LogP contribution in [0.25, 0.3) is 0 Å². The quantitative estimate of drug-likeness (QED) is 0.470. The van der Waals surface area contributed by atoms with Crippen LogP contribution in [0.3, 0.4) is 0 Å². The number of ether oxygens (including phenoxy) is 1. The average Bonchev–Trinajstić information content (AvgIpc) is 1.83. The van der Waals surface area contributed by atoms with Gasteiger partial charge in [-0.1, -0.05) is 12.2 Å². The summed E-state index contributed by atoms with van der Waals surface area (Å²) in [5.74, 6) is 0. The fourth-order valence-corrected chi connectivity index (χ4v) is 1.26. The molecule has 0 aromatic heterocycles. The van der Waals surface area contributed by atoms with Gasteiger partial charge >= 0.3 is 0 Å². The third-order valence-electron chi connectivity index (χ3n) is 1.84. The van der Waals surface area contributed by atoms with Crippen LogP contribution in [0.15, 0.2) is 12.2 Å². The van der Waals surface area contributed by atoms with Crippen molar-refractivity contribution in [2.75, 3.05) is 0 Å².